The van der Waals surface area contributed by atoms with Crippen LogP contribution in [-0.4, -0.2) is 0 Å². The van der Waals surface area contributed by atoms with Gasteiger partial charge in [0.05, 0.1) is 0 Å². The van der Waals surface area contributed by atoms with Crippen LogP contribution in [0, 0.1) is 38.5 Å². The van der Waals surface area contributed by atoms with Crippen molar-refractivity contribution in [3.63, 3.8) is 0 Å². The second-order valence-corrected chi connectivity index (χ2v) is 10.6. The Labute approximate surface area is 214 Å². The molecule has 0 aromatic heterocycles. The van der Waals surface area contributed by atoms with E-state index in [9.17, 15) is 0 Å². The summed E-state index contributed by atoms with van der Waals surface area (Å²) >= 11 is 0. The monoisotopic (exact) mass is 467 g/mol. The smallest absolute Gasteiger partial charge is 0.0440 e. The second kappa shape index (κ2) is 20.4. The van der Waals surface area contributed by atoms with E-state index < -0.39 is 0 Å². The molecule has 0 atom stereocenters. The van der Waals surface area contributed by atoms with Gasteiger partial charge in [-0.2, -0.15) is 0 Å². The van der Waals surface area contributed by atoms with E-state index in [1.54, 1.807) is 0 Å². The van der Waals surface area contributed by atoms with Crippen molar-refractivity contribution in [2.45, 2.75) is 109 Å². The molecular weight excluding hydrogens is 410 g/mol. The normalized spacial score (nSPS) is 9.97. The lowest BCUT2D eigenvalue weighted by Gasteiger charge is -2.11. The molecule has 0 saturated heterocycles. The zero-order valence-corrected chi connectivity index (χ0v) is 24.8. The molecule has 0 amide bonds. The van der Waals surface area contributed by atoms with Gasteiger partial charge in [0, 0.05) is 11.4 Å². The number of benzene rings is 2. The minimum atomic E-state index is 0.810. The molecular formula is C33H57N. The van der Waals surface area contributed by atoms with E-state index in [1.807, 2.05) is 6.92 Å². The predicted octanol–water partition coefficient (Wildman–Crippen LogP) is 10.9. The van der Waals surface area contributed by atoms with Gasteiger partial charge < -0.3 is 5.32 Å². The predicted molar refractivity (Wildman–Crippen MR) is 159 cm³/mol. The highest BCUT2D eigenvalue weighted by Gasteiger charge is 2.00. The highest BCUT2D eigenvalue weighted by atomic mass is 14.9. The molecule has 34 heavy (non-hydrogen) atoms. The van der Waals surface area contributed by atoms with Gasteiger partial charge in [0.25, 0.3) is 0 Å². The number of anilines is 1. The van der Waals surface area contributed by atoms with Crippen LogP contribution in [0.25, 0.3) is 0 Å². The van der Waals surface area contributed by atoms with Gasteiger partial charge in [-0.1, -0.05) is 117 Å². The van der Waals surface area contributed by atoms with Crippen molar-refractivity contribution in [1.29, 1.82) is 0 Å². The molecule has 2 rings (SSSR count). The van der Waals surface area contributed by atoms with Crippen LogP contribution >= 0.6 is 0 Å². The lowest BCUT2D eigenvalue weighted by atomic mass is 9.99. The maximum Gasteiger partial charge on any atom is 0.0440 e. The summed E-state index contributed by atoms with van der Waals surface area (Å²) in [5.41, 5.74) is 7.62. The van der Waals surface area contributed by atoms with Gasteiger partial charge in [-0.05, 0) is 80.5 Å². The number of hydrogen-bond donors (Lipinski definition) is 1. The minimum absolute atomic E-state index is 0.810. The Hall–Kier alpha value is -2.02. The van der Waals surface area contributed by atoms with Crippen LogP contribution in [0.15, 0.2) is 54.7 Å². The van der Waals surface area contributed by atoms with Crippen LogP contribution in [-0.2, 0) is 6.42 Å². The molecule has 0 aliphatic heterocycles. The Kier molecular flexibility index (Phi) is 20.5. The molecule has 0 fully saturated rings. The number of rotatable bonds is 7. The summed E-state index contributed by atoms with van der Waals surface area (Å²) in [6.07, 6.45) is 5.13. The number of aryl methyl sites for hydroxylation is 4. The van der Waals surface area contributed by atoms with Crippen LogP contribution in [0.1, 0.15) is 104 Å². The molecule has 2 aromatic rings. The molecule has 0 aliphatic rings. The Morgan fingerprint density at radius 3 is 1.47 bits per heavy atom. The fourth-order valence-electron chi connectivity index (χ4n) is 2.56. The van der Waals surface area contributed by atoms with Crippen LogP contribution in [0.5, 0.6) is 0 Å². The van der Waals surface area contributed by atoms with Gasteiger partial charge in [0.2, 0.25) is 0 Å². The maximum atomic E-state index is 3.82. The third-order valence-electron chi connectivity index (χ3n) is 5.70. The summed E-state index contributed by atoms with van der Waals surface area (Å²) in [6.45, 7) is 30.0. The summed E-state index contributed by atoms with van der Waals surface area (Å²) in [5, 5.41) is 3.25. The summed E-state index contributed by atoms with van der Waals surface area (Å²) in [5.74, 6) is 2.58. The molecule has 1 N–H and O–H groups in total. The number of nitrogens with one attached hydrogen (secondary N) is 1. The van der Waals surface area contributed by atoms with Gasteiger partial charge >= 0.3 is 0 Å². The van der Waals surface area contributed by atoms with Crippen molar-refractivity contribution in [3.05, 3.63) is 77.0 Å². The molecule has 2 aromatic carbocycles. The van der Waals surface area contributed by atoms with Gasteiger partial charge in [-0.15, -0.1) is 0 Å². The molecule has 0 heterocycles. The molecule has 1 heteroatoms. The van der Waals surface area contributed by atoms with Crippen molar-refractivity contribution < 1.29 is 0 Å². The second-order valence-electron chi connectivity index (χ2n) is 10.6. The highest BCUT2D eigenvalue weighted by Crippen LogP contribution is 2.20. The first kappa shape index (κ1) is 34.1. The summed E-state index contributed by atoms with van der Waals surface area (Å²) in [6, 6.07) is 14.9. The first-order valence-corrected chi connectivity index (χ1v) is 13.4. The Morgan fingerprint density at radius 1 is 0.706 bits per heavy atom. The SMILES string of the molecule is C=C(C)Nc1c(C)cccc1C.CCC(C)C.CCC(C)C.Cc1ccccc1CCC(C)C. The van der Waals surface area contributed by atoms with Crippen molar-refractivity contribution in [1.82, 2.24) is 0 Å². The van der Waals surface area contributed by atoms with Crippen molar-refractivity contribution >= 4 is 5.69 Å². The van der Waals surface area contributed by atoms with E-state index in [0.717, 1.165) is 23.5 Å². The van der Waals surface area contributed by atoms with Crippen LogP contribution in [0.4, 0.5) is 5.69 Å². The standard InChI is InChI=1S/C12H18.C11H15N.2C5H12/c1-10(2)8-9-12-7-5-4-6-11(12)3;1-8(2)12-11-9(3)6-5-7-10(11)4;2*1-4-5(2)3/h4-7,10H,8-9H2,1-3H3;5-7,12H,1H2,2-4H3;2*5H,4H2,1-3H3. The van der Waals surface area contributed by atoms with Gasteiger partial charge in [0.15, 0.2) is 0 Å². The zero-order valence-electron chi connectivity index (χ0n) is 24.8. The molecule has 0 aliphatic carbocycles. The molecule has 0 saturated carbocycles. The van der Waals surface area contributed by atoms with E-state index in [4.69, 9.17) is 0 Å². The lowest BCUT2D eigenvalue weighted by molar-refractivity contribution is 0.586. The van der Waals surface area contributed by atoms with Gasteiger partial charge in [0.1, 0.15) is 0 Å². The zero-order chi connectivity index (χ0) is 26.7. The van der Waals surface area contributed by atoms with E-state index in [-0.39, 0.29) is 0 Å². The number of allylic oxidation sites excluding steroid dienone is 1. The van der Waals surface area contributed by atoms with Crippen molar-refractivity contribution in [2.24, 2.45) is 17.8 Å². The van der Waals surface area contributed by atoms with Crippen LogP contribution in [0.2, 0.25) is 0 Å². The molecule has 0 spiro atoms. The largest absolute Gasteiger partial charge is 0.359 e. The fraction of sp³-hybridized carbons (Fsp3) is 0.576. The van der Waals surface area contributed by atoms with E-state index >= 15 is 0 Å². The Bertz CT molecular complexity index is 740. The lowest BCUT2D eigenvalue weighted by Crippen LogP contribution is -1.98. The first-order valence-electron chi connectivity index (χ1n) is 13.4. The van der Waals surface area contributed by atoms with E-state index in [2.05, 4.69) is 131 Å². The highest BCUT2D eigenvalue weighted by molar-refractivity contribution is 5.59. The van der Waals surface area contributed by atoms with Crippen molar-refractivity contribution in [3.8, 4) is 0 Å². The number of para-hydroxylation sites is 1. The third kappa shape index (κ3) is 19.4. The molecule has 0 radical (unpaired) electrons. The summed E-state index contributed by atoms with van der Waals surface area (Å²) < 4.78 is 0. The summed E-state index contributed by atoms with van der Waals surface area (Å²) in [4.78, 5) is 0. The Morgan fingerprint density at radius 2 is 1.12 bits per heavy atom. The molecule has 1 nitrogen and oxygen atoms in total. The van der Waals surface area contributed by atoms with Gasteiger partial charge in [-0.3, -0.25) is 0 Å². The molecule has 0 unspecified atom stereocenters. The number of hydrogen-bond acceptors (Lipinski definition) is 1. The Balaban J connectivity index is 0. The average Bonchev–Trinajstić information content (AvgIpc) is 2.77. The van der Waals surface area contributed by atoms with Gasteiger partial charge in [-0.25, -0.2) is 0 Å². The van der Waals surface area contributed by atoms with Crippen LogP contribution in [0.3, 0.4) is 0 Å². The first-order chi connectivity index (χ1) is 15.8. The minimum Gasteiger partial charge on any atom is -0.359 e. The molecule has 194 valence electrons. The van der Waals surface area contributed by atoms with Crippen molar-refractivity contribution in [2.75, 3.05) is 5.32 Å². The topological polar surface area (TPSA) is 12.0 Å². The average molecular weight is 468 g/mol. The quantitative estimate of drug-likeness (QED) is 0.427. The fourth-order valence-corrected chi connectivity index (χ4v) is 2.56. The summed E-state index contributed by atoms with van der Waals surface area (Å²) in [7, 11) is 0. The van der Waals surface area contributed by atoms with Crippen LogP contribution < -0.4 is 5.32 Å². The van der Waals surface area contributed by atoms with E-state index in [1.165, 1.54) is 53.6 Å². The third-order valence-corrected chi connectivity index (χ3v) is 5.70. The molecule has 0 bridgehead atoms. The maximum absolute atomic E-state index is 3.82. The van der Waals surface area contributed by atoms with E-state index in [0.29, 0.717) is 0 Å².